The topological polar surface area (TPSA) is 29.9 Å². The van der Waals surface area contributed by atoms with Gasteiger partial charge in [-0.25, -0.2) is 0 Å². The Labute approximate surface area is 111 Å². The van der Waals surface area contributed by atoms with Gasteiger partial charge in [0.05, 0.1) is 5.69 Å². The summed E-state index contributed by atoms with van der Waals surface area (Å²) in [6, 6.07) is 2.25. The maximum Gasteiger partial charge on any atom is 0.0596 e. The molecular weight excluding hydrogens is 222 g/mol. The number of hydrogen-bond acceptors (Lipinski definition) is 2. The first kappa shape index (κ1) is 13.6. The van der Waals surface area contributed by atoms with Crippen molar-refractivity contribution < 1.29 is 0 Å². The quantitative estimate of drug-likeness (QED) is 0.869. The zero-order valence-corrected chi connectivity index (χ0v) is 12.1. The molecule has 0 radical (unpaired) electrons. The van der Waals surface area contributed by atoms with Crippen LogP contribution in [0.4, 0.5) is 0 Å². The summed E-state index contributed by atoms with van der Waals surface area (Å²) in [6.07, 6.45) is 8.11. The molecule has 1 aliphatic rings. The van der Waals surface area contributed by atoms with Crippen molar-refractivity contribution in [2.24, 2.45) is 12.5 Å². The van der Waals surface area contributed by atoms with E-state index < -0.39 is 0 Å². The molecule has 18 heavy (non-hydrogen) atoms. The lowest BCUT2D eigenvalue weighted by molar-refractivity contribution is 0.178. The van der Waals surface area contributed by atoms with E-state index in [1.807, 2.05) is 0 Å². The fourth-order valence-corrected chi connectivity index (χ4v) is 3.32. The fraction of sp³-hybridized carbons (Fsp3) is 0.800. The van der Waals surface area contributed by atoms with Crippen LogP contribution in [0.2, 0.25) is 0 Å². The normalized spacial score (nSPS) is 19.1. The van der Waals surface area contributed by atoms with Crippen molar-refractivity contribution in [2.45, 2.75) is 52.4 Å². The smallest absolute Gasteiger partial charge is 0.0596 e. The van der Waals surface area contributed by atoms with Crippen LogP contribution in [-0.4, -0.2) is 22.9 Å². The van der Waals surface area contributed by atoms with Gasteiger partial charge in [-0.3, -0.25) is 4.68 Å². The molecular formula is C15H27N3. The van der Waals surface area contributed by atoms with Gasteiger partial charge in [-0.1, -0.05) is 26.2 Å². The van der Waals surface area contributed by atoms with Gasteiger partial charge in [0, 0.05) is 19.3 Å². The monoisotopic (exact) mass is 249 g/mol. The van der Waals surface area contributed by atoms with E-state index in [1.165, 1.54) is 44.2 Å². The molecule has 2 rings (SSSR count). The maximum atomic E-state index is 4.48. The molecule has 0 amide bonds. The van der Waals surface area contributed by atoms with Crippen molar-refractivity contribution in [3.05, 3.63) is 17.5 Å². The molecule has 0 unspecified atom stereocenters. The maximum absolute atomic E-state index is 4.48. The Morgan fingerprint density at radius 1 is 1.33 bits per heavy atom. The lowest BCUT2D eigenvalue weighted by atomic mass is 9.71. The highest BCUT2D eigenvalue weighted by molar-refractivity contribution is 5.11. The molecule has 1 N–H and O–H groups in total. The van der Waals surface area contributed by atoms with Gasteiger partial charge in [-0.05, 0) is 44.2 Å². The van der Waals surface area contributed by atoms with E-state index in [2.05, 4.69) is 42.1 Å². The summed E-state index contributed by atoms with van der Waals surface area (Å²) in [5.41, 5.74) is 3.00. The minimum atomic E-state index is 0.467. The minimum absolute atomic E-state index is 0.467. The van der Waals surface area contributed by atoms with Crippen LogP contribution in [0.3, 0.4) is 0 Å². The number of aryl methyl sites for hydroxylation is 2. The summed E-state index contributed by atoms with van der Waals surface area (Å²) in [7, 11) is 2.08. The minimum Gasteiger partial charge on any atom is -0.316 e. The molecule has 1 aliphatic carbocycles. The predicted octanol–water partition coefficient (Wildman–Crippen LogP) is 2.83. The highest BCUT2D eigenvalue weighted by Gasteiger charge is 2.32. The molecule has 0 aliphatic heterocycles. The Balaban J connectivity index is 2.11. The highest BCUT2D eigenvalue weighted by Crippen LogP contribution is 2.38. The van der Waals surface area contributed by atoms with Crippen LogP contribution in [0.15, 0.2) is 6.07 Å². The summed E-state index contributed by atoms with van der Waals surface area (Å²) in [4.78, 5) is 0. The van der Waals surface area contributed by atoms with Gasteiger partial charge in [0.1, 0.15) is 0 Å². The van der Waals surface area contributed by atoms with Gasteiger partial charge in [0.2, 0.25) is 0 Å². The number of rotatable bonds is 5. The van der Waals surface area contributed by atoms with Gasteiger partial charge in [-0.2, -0.15) is 5.10 Å². The molecule has 3 nitrogen and oxygen atoms in total. The molecule has 0 saturated heterocycles. The molecule has 3 heteroatoms. The van der Waals surface area contributed by atoms with Crippen LogP contribution >= 0.6 is 0 Å². The second kappa shape index (κ2) is 5.87. The first-order chi connectivity index (χ1) is 8.65. The molecule has 1 fully saturated rings. The lowest BCUT2D eigenvalue weighted by Gasteiger charge is -2.37. The van der Waals surface area contributed by atoms with Gasteiger partial charge in [-0.15, -0.1) is 0 Å². The highest BCUT2D eigenvalue weighted by atomic mass is 15.3. The molecule has 0 bridgehead atoms. The molecule has 0 spiro atoms. The summed E-state index contributed by atoms with van der Waals surface area (Å²) < 4.78 is 2.07. The van der Waals surface area contributed by atoms with E-state index in [-0.39, 0.29) is 0 Å². The van der Waals surface area contributed by atoms with Crippen LogP contribution in [0, 0.1) is 12.3 Å². The van der Waals surface area contributed by atoms with E-state index in [1.54, 1.807) is 0 Å². The van der Waals surface area contributed by atoms with Crippen LogP contribution in [0.1, 0.15) is 50.4 Å². The fourth-order valence-electron chi connectivity index (χ4n) is 3.32. The third-order valence-electron chi connectivity index (χ3n) is 4.32. The van der Waals surface area contributed by atoms with Gasteiger partial charge < -0.3 is 5.32 Å². The summed E-state index contributed by atoms with van der Waals surface area (Å²) >= 11 is 0. The molecule has 102 valence electrons. The average molecular weight is 249 g/mol. The Bertz CT molecular complexity index is 375. The average Bonchev–Trinajstić information content (AvgIpc) is 2.66. The largest absolute Gasteiger partial charge is 0.316 e. The molecule has 0 atom stereocenters. The van der Waals surface area contributed by atoms with Crippen molar-refractivity contribution in [3.8, 4) is 0 Å². The molecule has 1 heterocycles. The van der Waals surface area contributed by atoms with E-state index in [9.17, 15) is 0 Å². The summed E-state index contributed by atoms with van der Waals surface area (Å²) in [6.45, 7) is 6.52. The number of nitrogens with zero attached hydrogens (tertiary/aromatic N) is 2. The summed E-state index contributed by atoms with van der Waals surface area (Å²) in [5.74, 6) is 0. The van der Waals surface area contributed by atoms with E-state index >= 15 is 0 Å². The van der Waals surface area contributed by atoms with E-state index in [4.69, 9.17) is 0 Å². The van der Waals surface area contributed by atoms with Crippen molar-refractivity contribution in [2.75, 3.05) is 13.1 Å². The van der Waals surface area contributed by atoms with Crippen LogP contribution in [0.5, 0.6) is 0 Å². The van der Waals surface area contributed by atoms with Gasteiger partial charge in [0.15, 0.2) is 0 Å². The SMILES string of the molecule is CCNCC1(Cc2cc(C)nn2C)CCCCC1. The second-order valence-electron chi connectivity index (χ2n) is 5.92. The van der Waals surface area contributed by atoms with Crippen molar-refractivity contribution in [1.82, 2.24) is 15.1 Å². The molecule has 0 aromatic carbocycles. The van der Waals surface area contributed by atoms with Crippen molar-refractivity contribution in [3.63, 3.8) is 0 Å². The standard InChI is InChI=1S/C15H27N3/c1-4-16-12-15(8-6-5-7-9-15)11-14-10-13(2)17-18(14)3/h10,16H,4-9,11-12H2,1-3H3. The third kappa shape index (κ3) is 3.14. The van der Waals surface area contributed by atoms with Crippen molar-refractivity contribution in [1.29, 1.82) is 0 Å². The Morgan fingerprint density at radius 2 is 2.06 bits per heavy atom. The zero-order chi connectivity index (χ0) is 13.0. The first-order valence-electron chi connectivity index (χ1n) is 7.35. The second-order valence-corrected chi connectivity index (χ2v) is 5.92. The van der Waals surface area contributed by atoms with Crippen LogP contribution in [0.25, 0.3) is 0 Å². The van der Waals surface area contributed by atoms with Gasteiger partial charge in [0.25, 0.3) is 0 Å². The predicted molar refractivity (Wildman–Crippen MR) is 75.7 cm³/mol. The lowest BCUT2D eigenvalue weighted by Crippen LogP contribution is -2.38. The Kier molecular flexibility index (Phi) is 4.44. The first-order valence-corrected chi connectivity index (χ1v) is 7.35. The number of nitrogens with one attached hydrogen (secondary N) is 1. The van der Waals surface area contributed by atoms with Crippen molar-refractivity contribution >= 4 is 0 Å². The molecule has 1 aromatic heterocycles. The molecule has 1 saturated carbocycles. The Morgan fingerprint density at radius 3 is 2.61 bits per heavy atom. The zero-order valence-electron chi connectivity index (χ0n) is 12.1. The van der Waals surface area contributed by atoms with E-state index in [0.29, 0.717) is 5.41 Å². The number of aromatic nitrogens is 2. The molecule has 1 aromatic rings. The van der Waals surface area contributed by atoms with Gasteiger partial charge >= 0.3 is 0 Å². The van der Waals surface area contributed by atoms with Crippen LogP contribution < -0.4 is 5.32 Å². The third-order valence-corrected chi connectivity index (χ3v) is 4.32. The number of hydrogen-bond donors (Lipinski definition) is 1. The summed E-state index contributed by atoms with van der Waals surface area (Å²) in [5, 5.41) is 8.06. The van der Waals surface area contributed by atoms with Crippen LogP contribution in [-0.2, 0) is 13.5 Å². The Hall–Kier alpha value is -0.830. The van der Waals surface area contributed by atoms with E-state index in [0.717, 1.165) is 18.8 Å².